The van der Waals surface area contributed by atoms with Crippen molar-refractivity contribution in [3.05, 3.63) is 0 Å². The summed E-state index contributed by atoms with van der Waals surface area (Å²) in [5, 5.41) is 10.7. The molecule has 2 N–H and O–H groups in total. The zero-order valence-corrected chi connectivity index (χ0v) is 8.49. The highest BCUT2D eigenvalue weighted by Crippen LogP contribution is 2.47. The molecule has 5 heteroatoms. The number of amides is 2. The van der Waals surface area contributed by atoms with Crippen LogP contribution in [0, 0.1) is 11.3 Å². The van der Waals surface area contributed by atoms with Crippen LogP contribution in [-0.2, 0) is 14.5 Å². The molecular weight excluding hydrogens is 198 g/mol. The zero-order chi connectivity index (χ0) is 10.9. The van der Waals surface area contributed by atoms with Gasteiger partial charge in [-0.1, -0.05) is 12.8 Å². The van der Waals surface area contributed by atoms with E-state index in [1.807, 2.05) is 0 Å². The van der Waals surface area contributed by atoms with Gasteiger partial charge in [0.1, 0.15) is 0 Å². The third-order valence-corrected chi connectivity index (χ3v) is 3.68. The molecule has 84 valence electrons. The molecule has 5 nitrogen and oxygen atoms in total. The van der Waals surface area contributed by atoms with Crippen molar-refractivity contribution in [2.75, 3.05) is 6.61 Å². The average molecular weight is 213 g/mol. The molecule has 1 heterocycles. The zero-order valence-electron chi connectivity index (χ0n) is 8.49. The van der Waals surface area contributed by atoms with E-state index in [1.165, 1.54) is 0 Å². The van der Waals surface area contributed by atoms with Crippen LogP contribution in [0.4, 0.5) is 0 Å². The van der Waals surface area contributed by atoms with Crippen LogP contribution in [0.1, 0.15) is 32.1 Å². The monoisotopic (exact) mass is 213 g/mol. The third kappa shape index (κ3) is 1.55. The molecule has 2 atom stereocenters. The van der Waals surface area contributed by atoms with Crippen molar-refractivity contribution in [3.63, 3.8) is 0 Å². The van der Waals surface area contributed by atoms with E-state index in [9.17, 15) is 9.59 Å². The molecule has 1 aliphatic heterocycles. The summed E-state index contributed by atoms with van der Waals surface area (Å²) in [5.74, 6) is -0.555. The smallest absolute Gasteiger partial charge is 0.233 e. The van der Waals surface area contributed by atoms with Gasteiger partial charge in [-0.25, -0.2) is 4.89 Å². The van der Waals surface area contributed by atoms with Gasteiger partial charge in [0.25, 0.3) is 0 Å². The molecule has 15 heavy (non-hydrogen) atoms. The van der Waals surface area contributed by atoms with Gasteiger partial charge < -0.3 is 0 Å². The Hall–Kier alpha value is -0.940. The van der Waals surface area contributed by atoms with Crippen molar-refractivity contribution in [2.24, 2.45) is 11.3 Å². The molecule has 2 unspecified atom stereocenters. The van der Waals surface area contributed by atoms with E-state index in [1.54, 1.807) is 0 Å². The summed E-state index contributed by atoms with van der Waals surface area (Å²) >= 11 is 0. The largest absolute Gasteiger partial charge is 0.296 e. The van der Waals surface area contributed by atoms with Gasteiger partial charge in [-0.3, -0.25) is 20.2 Å². The van der Waals surface area contributed by atoms with Gasteiger partial charge in [-0.05, 0) is 19.3 Å². The van der Waals surface area contributed by atoms with E-state index in [-0.39, 0.29) is 24.3 Å². The van der Waals surface area contributed by atoms with E-state index >= 15 is 0 Å². The second-order valence-electron chi connectivity index (χ2n) is 4.36. The minimum absolute atomic E-state index is 0.108. The minimum Gasteiger partial charge on any atom is -0.296 e. The summed E-state index contributed by atoms with van der Waals surface area (Å²) in [4.78, 5) is 27.4. The van der Waals surface area contributed by atoms with E-state index < -0.39 is 5.41 Å². The second kappa shape index (κ2) is 3.90. The fourth-order valence-electron chi connectivity index (χ4n) is 2.86. The molecular formula is C10H15NO4. The van der Waals surface area contributed by atoms with Crippen LogP contribution in [0.3, 0.4) is 0 Å². The minimum atomic E-state index is -0.613. The Labute approximate surface area is 87.7 Å². The quantitative estimate of drug-likeness (QED) is 0.411. The first-order valence-corrected chi connectivity index (χ1v) is 5.32. The fourth-order valence-corrected chi connectivity index (χ4v) is 2.86. The standard InChI is InChI=1S/C10H15NO4/c12-8-7-3-1-2-4-10(7,5-6-15-14)9(13)11-8/h7,14H,1-6H2,(H,11,12,13). The highest BCUT2D eigenvalue weighted by Gasteiger charge is 2.55. The molecule has 0 spiro atoms. The first-order chi connectivity index (χ1) is 7.20. The summed E-state index contributed by atoms with van der Waals surface area (Å²) in [5.41, 5.74) is -0.613. The van der Waals surface area contributed by atoms with Crippen LogP contribution in [0.5, 0.6) is 0 Å². The predicted molar refractivity (Wildman–Crippen MR) is 50.7 cm³/mol. The van der Waals surface area contributed by atoms with Gasteiger partial charge >= 0.3 is 0 Å². The first-order valence-electron chi connectivity index (χ1n) is 5.32. The number of carbonyl (C=O) groups excluding carboxylic acids is 2. The summed E-state index contributed by atoms with van der Waals surface area (Å²) < 4.78 is 0. The van der Waals surface area contributed by atoms with E-state index in [2.05, 4.69) is 10.2 Å². The molecule has 0 radical (unpaired) electrons. The number of hydrogen-bond donors (Lipinski definition) is 2. The Kier molecular flexibility index (Phi) is 2.75. The maximum absolute atomic E-state index is 11.8. The summed E-state index contributed by atoms with van der Waals surface area (Å²) in [6.45, 7) is 0.108. The summed E-state index contributed by atoms with van der Waals surface area (Å²) in [6, 6.07) is 0. The SMILES string of the molecule is O=C1NC(=O)C2(CCOO)CCCCC12. The lowest BCUT2D eigenvalue weighted by molar-refractivity contribution is -0.247. The van der Waals surface area contributed by atoms with Crippen molar-refractivity contribution in [2.45, 2.75) is 32.1 Å². The van der Waals surface area contributed by atoms with Gasteiger partial charge in [0, 0.05) is 0 Å². The average Bonchev–Trinajstić information content (AvgIpc) is 2.50. The van der Waals surface area contributed by atoms with Gasteiger partial charge in [0.05, 0.1) is 17.9 Å². The van der Waals surface area contributed by atoms with Crippen molar-refractivity contribution in [1.29, 1.82) is 0 Å². The van der Waals surface area contributed by atoms with Crippen molar-refractivity contribution >= 4 is 11.8 Å². The van der Waals surface area contributed by atoms with Crippen molar-refractivity contribution < 1.29 is 19.7 Å². The summed E-state index contributed by atoms with van der Waals surface area (Å²) in [6.07, 6.45) is 3.86. The topological polar surface area (TPSA) is 75.6 Å². The highest BCUT2D eigenvalue weighted by molar-refractivity contribution is 6.07. The molecule has 0 aromatic carbocycles. The highest BCUT2D eigenvalue weighted by atomic mass is 17.1. The Bertz CT molecular complexity index is 291. The normalized spacial score (nSPS) is 35.1. The lowest BCUT2D eigenvalue weighted by Gasteiger charge is -2.34. The fraction of sp³-hybridized carbons (Fsp3) is 0.800. The Balaban J connectivity index is 2.21. The van der Waals surface area contributed by atoms with Gasteiger partial charge in [-0.2, -0.15) is 0 Å². The van der Waals surface area contributed by atoms with E-state index in [0.29, 0.717) is 6.42 Å². The van der Waals surface area contributed by atoms with Crippen LogP contribution >= 0.6 is 0 Å². The van der Waals surface area contributed by atoms with Crippen LogP contribution in [0.2, 0.25) is 0 Å². The molecule has 0 aromatic rings. The van der Waals surface area contributed by atoms with Crippen LogP contribution < -0.4 is 5.32 Å². The molecule has 1 saturated carbocycles. The number of nitrogens with one attached hydrogen (secondary N) is 1. The predicted octanol–water partition coefficient (Wildman–Crippen LogP) is 0.699. The molecule has 1 aliphatic carbocycles. The van der Waals surface area contributed by atoms with Crippen LogP contribution in [0.25, 0.3) is 0 Å². The molecule has 0 bridgehead atoms. The maximum Gasteiger partial charge on any atom is 0.233 e. The molecule has 0 aromatic heterocycles. The Morgan fingerprint density at radius 1 is 1.47 bits per heavy atom. The maximum atomic E-state index is 11.8. The molecule has 2 aliphatic rings. The number of imide groups is 1. The lowest BCUT2D eigenvalue weighted by Crippen LogP contribution is -2.38. The Morgan fingerprint density at radius 2 is 2.27 bits per heavy atom. The van der Waals surface area contributed by atoms with Crippen molar-refractivity contribution in [3.8, 4) is 0 Å². The Morgan fingerprint density at radius 3 is 3.00 bits per heavy atom. The third-order valence-electron chi connectivity index (χ3n) is 3.68. The molecule has 2 rings (SSSR count). The molecule has 2 amide bonds. The van der Waals surface area contributed by atoms with Crippen LogP contribution in [-0.4, -0.2) is 23.7 Å². The summed E-state index contributed by atoms with van der Waals surface area (Å²) in [7, 11) is 0. The molecule has 2 fully saturated rings. The van der Waals surface area contributed by atoms with Gasteiger partial charge in [0.2, 0.25) is 11.8 Å². The first kappa shape index (κ1) is 10.6. The number of carbonyl (C=O) groups is 2. The van der Waals surface area contributed by atoms with E-state index in [0.717, 1.165) is 25.7 Å². The van der Waals surface area contributed by atoms with Gasteiger partial charge in [-0.15, -0.1) is 0 Å². The van der Waals surface area contributed by atoms with Crippen LogP contribution in [0.15, 0.2) is 0 Å². The van der Waals surface area contributed by atoms with Gasteiger partial charge in [0.15, 0.2) is 0 Å². The van der Waals surface area contributed by atoms with Crippen molar-refractivity contribution in [1.82, 2.24) is 5.32 Å². The lowest BCUT2D eigenvalue weighted by atomic mass is 9.66. The van der Waals surface area contributed by atoms with E-state index in [4.69, 9.17) is 5.26 Å². The number of fused-ring (bicyclic) bond motifs is 1. The second-order valence-corrected chi connectivity index (χ2v) is 4.36. The molecule has 1 saturated heterocycles. The number of rotatable bonds is 3. The number of hydrogen-bond acceptors (Lipinski definition) is 4.